The van der Waals surface area contributed by atoms with Gasteiger partial charge in [0.15, 0.2) is 0 Å². The number of thioether (sulfide) groups is 1. The minimum absolute atomic E-state index is 0.183. The van der Waals surface area contributed by atoms with E-state index in [1.807, 2.05) is 43.3 Å². The van der Waals surface area contributed by atoms with E-state index in [1.165, 1.54) is 17.8 Å². The number of para-hydroxylation sites is 1. The molecule has 0 unspecified atom stereocenters. The van der Waals surface area contributed by atoms with E-state index in [1.54, 1.807) is 11.9 Å². The van der Waals surface area contributed by atoms with Crippen LogP contribution in [0.2, 0.25) is 0 Å². The van der Waals surface area contributed by atoms with Crippen molar-refractivity contribution in [2.75, 3.05) is 11.9 Å². The van der Waals surface area contributed by atoms with Gasteiger partial charge in [0.1, 0.15) is 11.5 Å². The smallest absolute Gasteiger partial charge is 0.265 e. The summed E-state index contributed by atoms with van der Waals surface area (Å²) >= 11 is 1.31. The molecule has 5 nitrogen and oxygen atoms in total. The molecule has 0 aliphatic carbocycles. The van der Waals surface area contributed by atoms with E-state index in [0.29, 0.717) is 17.2 Å². The summed E-state index contributed by atoms with van der Waals surface area (Å²) in [5.41, 5.74) is 0.853. The van der Waals surface area contributed by atoms with Gasteiger partial charge in [0.2, 0.25) is 5.91 Å². The fourth-order valence-corrected chi connectivity index (χ4v) is 3.36. The molecule has 0 fully saturated rings. The van der Waals surface area contributed by atoms with Crippen molar-refractivity contribution in [1.29, 1.82) is 0 Å². The second kappa shape index (κ2) is 6.34. The van der Waals surface area contributed by atoms with Gasteiger partial charge < -0.3 is 14.6 Å². The third kappa shape index (κ3) is 3.32. The van der Waals surface area contributed by atoms with E-state index in [4.69, 9.17) is 4.42 Å². The molecule has 0 bridgehead atoms. The van der Waals surface area contributed by atoms with Gasteiger partial charge in [-0.15, -0.1) is 0 Å². The van der Waals surface area contributed by atoms with Crippen molar-refractivity contribution in [3.05, 3.63) is 58.9 Å². The number of carbonyl (C=O) groups excluding carboxylic acids is 2. The lowest BCUT2D eigenvalue weighted by Gasteiger charge is -2.26. The lowest BCUT2D eigenvalue weighted by molar-refractivity contribution is -0.118. The number of hydrogen-bond donors (Lipinski definition) is 1. The molecule has 23 heavy (non-hydrogen) atoms. The summed E-state index contributed by atoms with van der Waals surface area (Å²) in [7, 11) is 1.71. The van der Waals surface area contributed by atoms with Crippen molar-refractivity contribution in [1.82, 2.24) is 5.32 Å². The molecular formula is C17H16N2O3S. The van der Waals surface area contributed by atoms with Crippen LogP contribution in [0, 0.1) is 6.92 Å². The number of benzene rings is 1. The van der Waals surface area contributed by atoms with E-state index >= 15 is 0 Å². The number of nitrogens with one attached hydrogen (secondary N) is 1. The Bertz CT molecular complexity index is 795. The summed E-state index contributed by atoms with van der Waals surface area (Å²) in [5, 5.41) is 2.73. The molecule has 118 valence electrons. The van der Waals surface area contributed by atoms with Crippen molar-refractivity contribution in [3.8, 4) is 0 Å². The first-order valence-corrected chi connectivity index (χ1v) is 7.96. The van der Waals surface area contributed by atoms with Gasteiger partial charge in [-0.25, -0.2) is 0 Å². The zero-order valence-corrected chi connectivity index (χ0v) is 13.6. The summed E-state index contributed by atoms with van der Waals surface area (Å²) < 4.78 is 5.39. The summed E-state index contributed by atoms with van der Waals surface area (Å²) in [6.07, 6.45) is 1.34. The van der Waals surface area contributed by atoms with E-state index in [-0.39, 0.29) is 11.8 Å². The molecule has 1 N–H and O–H groups in total. The van der Waals surface area contributed by atoms with Crippen LogP contribution in [-0.2, 0) is 16.1 Å². The van der Waals surface area contributed by atoms with Crippen LogP contribution < -0.4 is 10.2 Å². The topological polar surface area (TPSA) is 62.6 Å². The number of furan rings is 1. The highest BCUT2D eigenvalue weighted by molar-refractivity contribution is 8.04. The monoisotopic (exact) mass is 328 g/mol. The molecule has 3 rings (SSSR count). The zero-order valence-electron chi connectivity index (χ0n) is 12.8. The van der Waals surface area contributed by atoms with E-state index in [2.05, 4.69) is 5.32 Å². The molecule has 1 aromatic carbocycles. The van der Waals surface area contributed by atoms with Gasteiger partial charge in [-0.05, 0) is 31.2 Å². The van der Waals surface area contributed by atoms with Crippen molar-refractivity contribution in [2.45, 2.75) is 18.4 Å². The van der Waals surface area contributed by atoms with Crippen LogP contribution in [0.1, 0.15) is 11.5 Å². The lowest BCUT2D eigenvalue weighted by Crippen LogP contribution is -2.31. The minimum Gasteiger partial charge on any atom is -0.465 e. The fourth-order valence-electron chi connectivity index (χ4n) is 2.27. The molecule has 0 radical (unpaired) electrons. The number of rotatable bonds is 3. The van der Waals surface area contributed by atoms with E-state index in [9.17, 15) is 9.59 Å². The first-order valence-electron chi connectivity index (χ1n) is 7.14. The first-order chi connectivity index (χ1) is 11.0. The maximum absolute atomic E-state index is 12.3. The highest BCUT2D eigenvalue weighted by atomic mass is 32.2. The zero-order chi connectivity index (χ0) is 16.4. The van der Waals surface area contributed by atoms with Gasteiger partial charge >= 0.3 is 0 Å². The second-order valence-electron chi connectivity index (χ2n) is 5.17. The van der Waals surface area contributed by atoms with Gasteiger partial charge in [0.25, 0.3) is 5.91 Å². The average molecular weight is 328 g/mol. The van der Waals surface area contributed by atoms with Crippen molar-refractivity contribution >= 4 is 29.3 Å². The molecule has 0 spiro atoms. The maximum Gasteiger partial charge on any atom is 0.265 e. The lowest BCUT2D eigenvalue weighted by atomic mass is 10.2. The SMILES string of the molecule is Cc1ccc(CNC(=O)/C=C2/Sc3ccccc3N(C)C2=O)o1. The molecular weight excluding hydrogens is 312 g/mol. The van der Waals surface area contributed by atoms with Crippen LogP contribution in [0.25, 0.3) is 0 Å². The molecule has 0 atom stereocenters. The van der Waals surface area contributed by atoms with Gasteiger partial charge in [-0.1, -0.05) is 23.9 Å². The van der Waals surface area contributed by atoms with Crippen LogP contribution in [0.15, 0.2) is 56.7 Å². The molecule has 2 aromatic rings. The highest BCUT2D eigenvalue weighted by Gasteiger charge is 2.26. The Morgan fingerprint density at radius 2 is 2.09 bits per heavy atom. The van der Waals surface area contributed by atoms with Crippen molar-refractivity contribution < 1.29 is 14.0 Å². The highest BCUT2D eigenvalue weighted by Crippen LogP contribution is 2.40. The number of likely N-dealkylation sites (N-methyl/N-ethyl adjacent to an activating group) is 1. The van der Waals surface area contributed by atoms with Crippen LogP contribution >= 0.6 is 11.8 Å². The Balaban J connectivity index is 1.72. The number of hydrogen-bond acceptors (Lipinski definition) is 4. The third-order valence-corrected chi connectivity index (χ3v) is 4.53. The van der Waals surface area contributed by atoms with Crippen molar-refractivity contribution in [3.63, 3.8) is 0 Å². The molecule has 1 aliphatic rings. The van der Waals surface area contributed by atoms with Crippen LogP contribution in [0.5, 0.6) is 0 Å². The first kappa shape index (κ1) is 15.4. The molecule has 2 amide bonds. The summed E-state index contributed by atoms with van der Waals surface area (Å²) in [6.45, 7) is 2.14. The number of carbonyl (C=O) groups is 2. The molecule has 2 heterocycles. The molecule has 0 saturated carbocycles. The van der Waals surface area contributed by atoms with Gasteiger partial charge in [-0.3, -0.25) is 9.59 Å². The fraction of sp³-hybridized carbons (Fsp3) is 0.176. The number of nitrogens with zero attached hydrogens (tertiary/aromatic N) is 1. The molecule has 1 aliphatic heterocycles. The Labute approximate surface area is 138 Å². The quantitative estimate of drug-likeness (QED) is 0.880. The summed E-state index contributed by atoms with van der Waals surface area (Å²) in [4.78, 5) is 27.3. The largest absolute Gasteiger partial charge is 0.465 e. The summed E-state index contributed by atoms with van der Waals surface area (Å²) in [5.74, 6) is 0.976. The molecule has 6 heteroatoms. The number of aryl methyl sites for hydroxylation is 1. The normalized spacial score (nSPS) is 15.7. The van der Waals surface area contributed by atoms with E-state index < -0.39 is 0 Å². The average Bonchev–Trinajstić information content (AvgIpc) is 2.96. The Hall–Kier alpha value is -2.47. The standard InChI is InChI=1S/C17H16N2O3S/c1-11-7-8-12(22-11)10-18-16(20)9-15-17(21)19(2)13-5-3-4-6-14(13)23-15/h3-9H,10H2,1-2H3,(H,18,20)/b15-9+. The van der Waals surface area contributed by atoms with Gasteiger partial charge in [-0.2, -0.15) is 0 Å². The Kier molecular flexibility index (Phi) is 4.25. The van der Waals surface area contributed by atoms with E-state index in [0.717, 1.165) is 16.3 Å². The summed E-state index contributed by atoms with van der Waals surface area (Å²) in [6, 6.07) is 11.3. The third-order valence-electron chi connectivity index (χ3n) is 3.46. The number of fused-ring (bicyclic) bond motifs is 1. The predicted octanol–water partition coefficient (Wildman–Crippen LogP) is 2.86. The van der Waals surface area contributed by atoms with Gasteiger partial charge in [0, 0.05) is 18.0 Å². The van der Waals surface area contributed by atoms with Crippen LogP contribution in [0.3, 0.4) is 0 Å². The number of amides is 2. The molecule has 1 aromatic heterocycles. The van der Waals surface area contributed by atoms with Gasteiger partial charge in [0.05, 0.1) is 17.1 Å². The number of anilines is 1. The molecule has 0 saturated heterocycles. The maximum atomic E-state index is 12.3. The minimum atomic E-state index is -0.317. The Morgan fingerprint density at radius 3 is 2.83 bits per heavy atom. The second-order valence-corrected chi connectivity index (χ2v) is 6.26. The van der Waals surface area contributed by atoms with Crippen LogP contribution in [-0.4, -0.2) is 18.9 Å². The van der Waals surface area contributed by atoms with Crippen molar-refractivity contribution in [2.24, 2.45) is 0 Å². The Morgan fingerprint density at radius 1 is 1.30 bits per heavy atom. The van der Waals surface area contributed by atoms with Crippen LogP contribution in [0.4, 0.5) is 5.69 Å². The predicted molar refractivity (Wildman–Crippen MR) is 89.1 cm³/mol.